The van der Waals surface area contributed by atoms with Crippen LogP contribution < -0.4 is 4.90 Å². The maximum atomic E-state index is 13.3. The highest BCUT2D eigenvalue weighted by Gasteiger charge is 2.59. The minimum atomic E-state index is -4.62. The van der Waals surface area contributed by atoms with E-state index in [0.717, 1.165) is 28.4 Å². The van der Waals surface area contributed by atoms with Crippen LogP contribution in [0.3, 0.4) is 0 Å². The van der Waals surface area contributed by atoms with Crippen LogP contribution in [0, 0.1) is 23.7 Å². The van der Waals surface area contributed by atoms with E-state index in [2.05, 4.69) is 0 Å². The van der Waals surface area contributed by atoms with E-state index in [0.29, 0.717) is 5.02 Å². The van der Waals surface area contributed by atoms with Gasteiger partial charge in [-0.1, -0.05) is 29.8 Å². The SMILES string of the molecule is O=C1[C@@H]2[C@H](C(=O)N1CN(C(=O)c1ccc(Cl)cc1)c1cccc(C(F)(F)F)c1)[C@H]1C=C[C@H]2C1. The van der Waals surface area contributed by atoms with Crippen molar-refractivity contribution in [3.63, 3.8) is 0 Å². The maximum Gasteiger partial charge on any atom is 0.416 e. The third-order valence-corrected chi connectivity index (χ3v) is 6.92. The minimum absolute atomic E-state index is 0.0181. The second-order valence-corrected chi connectivity index (χ2v) is 8.97. The van der Waals surface area contributed by atoms with Gasteiger partial charge in [0.25, 0.3) is 5.91 Å². The lowest BCUT2D eigenvalue weighted by atomic mass is 9.85. The van der Waals surface area contributed by atoms with Crippen LogP contribution >= 0.6 is 11.6 Å². The van der Waals surface area contributed by atoms with Gasteiger partial charge in [-0.3, -0.25) is 24.2 Å². The molecule has 9 heteroatoms. The van der Waals surface area contributed by atoms with Gasteiger partial charge in [0, 0.05) is 16.3 Å². The van der Waals surface area contributed by atoms with Gasteiger partial charge in [-0.25, -0.2) is 0 Å². The van der Waals surface area contributed by atoms with Crippen LogP contribution in [-0.4, -0.2) is 29.3 Å². The number of rotatable bonds is 4. The van der Waals surface area contributed by atoms with Crippen molar-refractivity contribution in [2.45, 2.75) is 12.6 Å². The van der Waals surface area contributed by atoms with Crippen molar-refractivity contribution in [1.29, 1.82) is 0 Å². The summed E-state index contributed by atoms with van der Waals surface area (Å²) in [7, 11) is 0. The first kappa shape index (κ1) is 21.7. The Labute approximate surface area is 192 Å². The first-order chi connectivity index (χ1) is 15.6. The van der Waals surface area contributed by atoms with Crippen molar-refractivity contribution in [3.8, 4) is 0 Å². The third kappa shape index (κ3) is 3.62. The molecule has 2 fully saturated rings. The minimum Gasteiger partial charge on any atom is -0.290 e. The second kappa shape index (κ2) is 7.73. The molecule has 5 nitrogen and oxygen atoms in total. The average Bonchev–Trinajstić information content (AvgIpc) is 3.46. The standard InChI is InChI=1S/C24H18ClF3N2O3/c25-17-8-6-13(7-9-17)21(31)29(18-3-1-2-16(11-18)24(26,27)28)12-30-22(32)19-14-4-5-15(10-14)20(19)23(30)33/h1-9,11,14-15,19-20H,10,12H2/t14-,15-,19-,20+/m0/s1. The number of allylic oxidation sites excluding steroid dienone is 2. The van der Waals surface area contributed by atoms with Gasteiger partial charge in [0.05, 0.1) is 17.4 Å². The monoisotopic (exact) mass is 474 g/mol. The number of fused-ring (bicyclic) bond motifs is 5. The quantitative estimate of drug-likeness (QED) is 0.474. The Balaban J connectivity index is 1.51. The number of alkyl halides is 3. The number of nitrogens with zero attached hydrogens (tertiary/aromatic N) is 2. The van der Waals surface area contributed by atoms with Crippen LogP contribution in [0.5, 0.6) is 0 Å². The Kier molecular flexibility index (Phi) is 5.08. The third-order valence-electron chi connectivity index (χ3n) is 6.67. The Bertz CT molecular complexity index is 1150. The first-order valence-electron chi connectivity index (χ1n) is 10.4. The van der Waals surface area contributed by atoms with E-state index in [9.17, 15) is 27.6 Å². The molecule has 2 aromatic rings. The lowest BCUT2D eigenvalue weighted by Crippen LogP contribution is -2.45. The number of imide groups is 1. The molecular weight excluding hydrogens is 457 g/mol. The summed E-state index contributed by atoms with van der Waals surface area (Å²) in [6.45, 7) is -0.465. The molecule has 1 saturated carbocycles. The van der Waals surface area contributed by atoms with Gasteiger partial charge in [-0.2, -0.15) is 13.2 Å². The molecule has 170 valence electrons. The largest absolute Gasteiger partial charge is 0.416 e. The summed E-state index contributed by atoms with van der Waals surface area (Å²) in [4.78, 5) is 41.6. The molecule has 0 unspecified atom stereocenters. The van der Waals surface area contributed by atoms with Gasteiger partial charge in [0.2, 0.25) is 11.8 Å². The predicted octanol–water partition coefficient (Wildman–Crippen LogP) is 4.77. The highest BCUT2D eigenvalue weighted by molar-refractivity contribution is 6.30. The molecule has 1 heterocycles. The highest BCUT2D eigenvalue weighted by atomic mass is 35.5. The molecule has 4 atom stereocenters. The van der Waals surface area contributed by atoms with Gasteiger partial charge < -0.3 is 0 Å². The van der Waals surface area contributed by atoms with Crippen LogP contribution in [0.25, 0.3) is 0 Å². The lowest BCUT2D eigenvalue weighted by Gasteiger charge is -2.28. The van der Waals surface area contributed by atoms with E-state index in [1.165, 1.54) is 36.4 Å². The van der Waals surface area contributed by atoms with Gasteiger partial charge >= 0.3 is 6.18 Å². The van der Waals surface area contributed by atoms with Crippen LogP contribution in [0.4, 0.5) is 18.9 Å². The molecular formula is C24H18ClF3N2O3. The maximum absolute atomic E-state index is 13.3. The van der Waals surface area contributed by atoms with E-state index in [-0.39, 0.29) is 34.9 Å². The molecule has 0 aromatic heterocycles. The zero-order valence-corrected chi connectivity index (χ0v) is 17.9. The van der Waals surface area contributed by atoms with Crippen LogP contribution in [0.15, 0.2) is 60.7 Å². The number of benzene rings is 2. The number of carbonyl (C=O) groups excluding carboxylic acids is 3. The van der Waals surface area contributed by atoms with Crippen molar-refractivity contribution in [3.05, 3.63) is 76.8 Å². The Morgan fingerprint density at radius 1 is 1.00 bits per heavy atom. The fraction of sp³-hybridized carbons (Fsp3) is 0.292. The number of hydrogen-bond donors (Lipinski definition) is 0. The van der Waals surface area contributed by atoms with E-state index >= 15 is 0 Å². The number of hydrogen-bond acceptors (Lipinski definition) is 3. The molecule has 3 amide bonds. The molecule has 1 saturated heterocycles. The summed E-state index contributed by atoms with van der Waals surface area (Å²) in [5.74, 6) is -2.40. The van der Waals surface area contributed by atoms with E-state index in [1.807, 2.05) is 12.2 Å². The number of carbonyl (C=O) groups is 3. The summed E-state index contributed by atoms with van der Waals surface area (Å²) in [5.41, 5.74) is -0.839. The average molecular weight is 475 g/mol. The Hall–Kier alpha value is -3.13. The van der Waals surface area contributed by atoms with Gasteiger partial charge in [-0.05, 0) is 60.7 Å². The predicted molar refractivity (Wildman–Crippen MR) is 114 cm³/mol. The second-order valence-electron chi connectivity index (χ2n) is 8.53. The normalized spacial score (nSPS) is 25.6. The highest BCUT2D eigenvalue weighted by Crippen LogP contribution is 2.52. The lowest BCUT2D eigenvalue weighted by molar-refractivity contribution is -0.141. The zero-order chi connectivity index (χ0) is 23.5. The van der Waals surface area contributed by atoms with E-state index < -0.39 is 36.2 Å². The van der Waals surface area contributed by atoms with Crippen molar-refractivity contribution >= 4 is 35.0 Å². The fourth-order valence-corrected chi connectivity index (χ4v) is 5.23. The molecule has 33 heavy (non-hydrogen) atoms. The van der Waals surface area contributed by atoms with Gasteiger partial charge in [-0.15, -0.1) is 0 Å². The molecule has 0 spiro atoms. The molecule has 3 aliphatic rings. The van der Waals surface area contributed by atoms with Gasteiger partial charge in [0.15, 0.2) is 0 Å². The van der Waals surface area contributed by atoms with Crippen molar-refractivity contribution in [1.82, 2.24) is 4.90 Å². The van der Waals surface area contributed by atoms with Crippen molar-refractivity contribution in [2.24, 2.45) is 23.7 Å². The molecule has 1 aliphatic heterocycles. The Morgan fingerprint density at radius 2 is 1.61 bits per heavy atom. The summed E-state index contributed by atoms with van der Waals surface area (Å²) in [5, 5.41) is 0.387. The summed E-state index contributed by atoms with van der Waals surface area (Å²) in [6.07, 6.45) is 0.0295. The van der Waals surface area contributed by atoms with Crippen molar-refractivity contribution in [2.75, 3.05) is 11.6 Å². The molecule has 2 aliphatic carbocycles. The van der Waals surface area contributed by atoms with Crippen LogP contribution in [0.2, 0.25) is 5.02 Å². The summed E-state index contributed by atoms with van der Waals surface area (Å²) in [6, 6.07) is 10.1. The Morgan fingerprint density at radius 3 is 2.18 bits per heavy atom. The molecule has 5 rings (SSSR count). The smallest absolute Gasteiger partial charge is 0.290 e. The van der Waals surface area contributed by atoms with E-state index in [1.54, 1.807) is 0 Å². The first-order valence-corrected chi connectivity index (χ1v) is 10.8. The number of anilines is 1. The number of halogens is 4. The van der Waals surface area contributed by atoms with Gasteiger partial charge in [0.1, 0.15) is 6.67 Å². The topological polar surface area (TPSA) is 57.7 Å². The summed E-state index contributed by atoms with van der Waals surface area (Å²) < 4.78 is 40.0. The number of amides is 3. The molecule has 0 radical (unpaired) electrons. The molecule has 2 aromatic carbocycles. The zero-order valence-electron chi connectivity index (χ0n) is 17.1. The van der Waals surface area contributed by atoms with Crippen molar-refractivity contribution < 1.29 is 27.6 Å². The number of likely N-dealkylation sites (tertiary alicyclic amines) is 1. The summed E-state index contributed by atoms with van der Waals surface area (Å²) >= 11 is 5.89. The van der Waals surface area contributed by atoms with Crippen LogP contribution in [-0.2, 0) is 15.8 Å². The molecule has 0 N–H and O–H groups in total. The fourth-order valence-electron chi connectivity index (χ4n) is 5.11. The van der Waals surface area contributed by atoms with E-state index in [4.69, 9.17) is 11.6 Å². The van der Waals surface area contributed by atoms with Crippen LogP contribution in [0.1, 0.15) is 22.3 Å². The molecule has 2 bridgehead atoms.